The molecule has 0 spiro atoms. The Labute approximate surface area is 195 Å². The molecule has 1 aromatic rings. The second kappa shape index (κ2) is 17.6. The molecule has 2 unspecified atom stereocenters. The molecule has 0 fully saturated rings. The van der Waals surface area contributed by atoms with Crippen molar-refractivity contribution >= 4 is 11.9 Å². The minimum Gasteiger partial charge on any atom is -0.469 e. The first-order chi connectivity index (χ1) is 15.5. The van der Waals surface area contributed by atoms with E-state index in [1.54, 1.807) is 0 Å². The van der Waals surface area contributed by atoms with Gasteiger partial charge in [0.25, 0.3) is 0 Å². The van der Waals surface area contributed by atoms with E-state index in [0.717, 1.165) is 31.4 Å². The number of rotatable bonds is 18. The number of hydrogen-bond acceptors (Lipinski definition) is 6. The van der Waals surface area contributed by atoms with Gasteiger partial charge < -0.3 is 19.7 Å². The lowest BCUT2D eigenvalue weighted by molar-refractivity contribution is -0.149. The molecule has 0 aliphatic carbocycles. The monoisotopic (exact) mass is 448 g/mol. The minimum atomic E-state index is -0.458. The number of nitrogens with one attached hydrogen (secondary N) is 1. The number of carbonyl (C=O) groups is 2. The summed E-state index contributed by atoms with van der Waals surface area (Å²) in [6.45, 7) is 3.22. The molecule has 32 heavy (non-hydrogen) atoms. The summed E-state index contributed by atoms with van der Waals surface area (Å²) in [5.74, 6) is -0.528. The van der Waals surface area contributed by atoms with Gasteiger partial charge in [-0.25, -0.2) is 0 Å². The second-order valence-electron chi connectivity index (χ2n) is 8.79. The molecule has 6 heteroatoms. The van der Waals surface area contributed by atoms with Crippen LogP contribution in [0.3, 0.4) is 0 Å². The van der Waals surface area contributed by atoms with E-state index in [1.165, 1.54) is 39.2 Å². The van der Waals surface area contributed by atoms with Crippen molar-refractivity contribution in [3.63, 3.8) is 0 Å². The predicted molar refractivity (Wildman–Crippen MR) is 129 cm³/mol. The maximum absolute atomic E-state index is 12.9. The molecule has 0 bridgehead atoms. The normalized spacial score (nSPS) is 13.0. The third kappa shape index (κ3) is 13.5. The molecule has 0 aliphatic heterocycles. The van der Waals surface area contributed by atoms with Gasteiger partial charge in [-0.3, -0.25) is 9.59 Å². The van der Waals surface area contributed by atoms with Crippen molar-refractivity contribution in [3.8, 4) is 0 Å². The lowest BCUT2D eigenvalue weighted by Crippen LogP contribution is -2.46. The van der Waals surface area contributed by atoms with Crippen molar-refractivity contribution in [1.82, 2.24) is 10.2 Å². The standard InChI is InChI=1S/C26H44N2O4/c1-5-6-7-8-9-10-14-17-23(20-25(29)31-4)27-24(18-19-28(2)3)26(30)32-21-22-15-12-11-13-16-22/h11-13,15-16,23-24,27H,5-10,14,17-21H2,1-4H3. The first kappa shape index (κ1) is 28.1. The van der Waals surface area contributed by atoms with Crippen molar-refractivity contribution in [2.45, 2.75) is 89.8 Å². The van der Waals surface area contributed by atoms with Crippen LogP contribution in [0.15, 0.2) is 30.3 Å². The van der Waals surface area contributed by atoms with Gasteiger partial charge in [-0.15, -0.1) is 0 Å². The summed E-state index contributed by atoms with van der Waals surface area (Å²) in [7, 11) is 5.37. The van der Waals surface area contributed by atoms with Crippen molar-refractivity contribution in [2.75, 3.05) is 27.7 Å². The smallest absolute Gasteiger partial charge is 0.323 e. The van der Waals surface area contributed by atoms with E-state index in [9.17, 15) is 9.59 Å². The number of ether oxygens (including phenoxy) is 2. The van der Waals surface area contributed by atoms with E-state index in [4.69, 9.17) is 9.47 Å². The number of nitrogens with zero attached hydrogens (tertiary/aromatic N) is 1. The highest BCUT2D eigenvalue weighted by Crippen LogP contribution is 2.14. The summed E-state index contributed by atoms with van der Waals surface area (Å²) in [5, 5.41) is 3.42. The van der Waals surface area contributed by atoms with Crippen LogP contribution in [0.25, 0.3) is 0 Å². The molecule has 0 saturated heterocycles. The molecule has 182 valence electrons. The lowest BCUT2D eigenvalue weighted by atomic mass is 10.0. The van der Waals surface area contributed by atoms with Gasteiger partial charge in [0.15, 0.2) is 0 Å². The summed E-state index contributed by atoms with van der Waals surface area (Å²) in [5.41, 5.74) is 0.960. The fraction of sp³-hybridized carbons (Fsp3) is 0.692. The summed E-state index contributed by atoms with van der Waals surface area (Å²) in [6, 6.07) is 9.12. The van der Waals surface area contributed by atoms with Gasteiger partial charge in [0.2, 0.25) is 0 Å². The summed E-state index contributed by atoms with van der Waals surface area (Å²) in [6.07, 6.45) is 10.2. The fourth-order valence-corrected chi connectivity index (χ4v) is 3.65. The van der Waals surface area contributed by atoms with Gasteiger partial charge in [0.05, 0.1) is 13.5 Å². The van der Waals surface area contributed by atoms with Gasteiger partial charge in [-0.05, 0) is 39.0 Å². The number of unbranched alkanes of at least 4 members (excludes halogenated alkanes) is 6. The fourth-order valence-electron chi connectivity index (χ4n) is 3.65. The zero-order chi connectivity index (χ0) is 23.6. The van der Waals surface area contributed by atoms with Crippen LogP contribution in [0.4, 0.5) is 0 Å². The van der Waals surface area contributed by atoms with Crippen LogP contribution >= 0.6 is 0 Å². The average Bonchev–Trinajstić information content (AvgIpc) is 2.79. The van der Waals surface area contributed by atoms with Crippen LogP contribution in [0.5, 0.6) is 0 Å². The molecule has 1 aromatic carbocycles. The summed E-state index contributed by atoms with van der Waals surface area (Å²) < 4.78 is 10.5. The third-order valence-electron chi connectivity index (χ3n) is 5.61. The molecule has 1 N–H and O–H groups in total. The molecule has 6 nitrogen and oxygen atoms in total. The van der Waals surface area contributed by atoms with Crippen LogP contribution in [0.1, 0.15) is 76.7 Å². The highest BCUT2D eigenvalue weighted by molar-refractivity contribution is 5.76. The molecular formula is C26H44N2O4. The maximum atomic E-state index is 12.9. The van der Waals surface area contributed by atoms with Gasteiger partial charge >= 0.3 is 11.9 Å². The highest BCUT2D eigenvalue weighted by atomic mass is 16.5. The van der Waals surface area contributed by atoms with E-state index in [0.29, 0.717) is 6.42 Å². The molecule has 2 atom stereocenters. The second-order valence-corrected chi connectivity index (χ2v) is 8.79. The van der Waals surface area contributed by atoms with Crippen LogP contribution in [-0.2, 0) is 25.7 Å². The van der Waals surface area contributed by atoms with E-state index < -0.39 is 6.04 Å². The van der Waals surface area contributed by atoms with Gasteiger partial charge in [0.1, 0.15) is 12.6 Å². The lowest BCUT2D eigenvalue weighted by Gasteiger charge is -2.25. The van der Waals surface area contributed by atoms with Crippen molar-refractivity contribution in [3.05, 3.63) is 35.9 Å². The Morgan fingerprint density at radius 2 is 1.62 bits per heavy atom. The Kier molecular flexibility index (Phi) is 15.5. The van der Waals surface area contributed by atoms with Crippen molar-refractivity contribution in [2.24, 2.45) is 0 Å². The molecule has 1 rings (SSSR count). The van der Waals surface area contributed by atoms with Crippen molar-refractivity contribution in [1.29, 1.82) is 0 Å². The Bertz CT molecular complexity index is 622. The largest absolute Gasteiger partial charge is 0.469 e. The summed E-state index contributed by atoms with van der Waals surface area (Å²) in [4.78, 5) is 26.9. The number of carbonyl (C=O) groups excluding carboxylic acids is 2. The number of methoxy groups -OCH3 is 1. The van der Waals surface area contributed by atoms with E-state index in [-0.39, 0.29) is 31.0 Å². The molecule has 0 amide bonds. The van der Waals surface area contributed by atoms with E-state index in [2.05, 4.69) is 12.2 Å². The van der Waals surface area contributed by atoms with Crippen molar-refractivity contribution < 1.29 is 19.1 Å². The van der Waals surface area contributed by atoms with Gasteiger partial charge in [-0.2, -0.15) is 0 Å². The van der Waals surface area contributed by atoms with E-state index in [1.807, 2.05) is 49.3 Å². The summed E-state index contributed by atoms with van der Waals surface area (Å²) >= 11 is 0. The van der Waals surface area contributed by atoms with Crippen LogP contribution in [0, 0.1) is 0 Å². The maximum Gasteiger partial charge on any atom is 0.323 e. The van der Waals surface area contributed by atoms with Crippen LogP contribution in [0.2, 0.25) is 0 Å². The highest BCUT2D eigenvalue weighted by Gasteiger charge is 2.25. The quantitative estimate of drug-likeness (QED) is 0.259. The van der Waals surface area contributed by atoms with Crippen LogP contribution < -0.4 is 5.32 Å². The Balaban J connectivity index is 2.65. The number of esters is 2. The Morgan fingerprint density at radius 3 is 2.25 bits per heavy atom. The SMILES string of the molecule is CCCCCCCCCC(CC(=O)OC)NC(CCN(C)C)C(=O)OCc1ccccc1. The Hall–Kier alpha value is -1.92. The van der Waals surface area contributed by atoms with Gasteiger partial charge in [0, 0.05) is 6.04 Å². The molecule has 0 aromatic heterocycles. The number of benzene rings is 1. The zero-order valence-corrected chi connectivity index (χ0v) is 20.6. The van der Waals surface area contributed by atoms with Crippen LogP contribution in [-0.4, -0.2) is 56.7 Å². The molecule has 0 heterocycles. The third-order valence-corrected chi connectivity index (χ3v) is 5.61. The number of hydrogen-bond donors (Lipinski definition) is 1. The predicted octanol–water partition coefficient (Wildman–Crippen LogP) is 4.71. The molecular weight excluding hydrogens is 404 g/mol. The Morgan fingerprint density at radius 1 is 0.969 bits per heavy atom. The first-order valence-corrected chi connectivity index (χ1v) is 12.1. The zero-order valence-electron chi connectivity index (χ0n) is 20.6. The molecule has 0 aliphatic rings. The first-order valence-electron chi connectivity index (χ1n) is 12.1. The molecule has 0 saturated carbocycles. The average molecular weight is 449 g/mol. The molecule has 0 radical (unpaired) electrons. The minimum absolute atomic E-state index is 0.102. The van der Waals surface area contributed by atoms with E-state index >= 15 is 0 Å². The topological polar surface area (TPSA) is 67.9 Å². The van der Waals surface area contributed by atoms with Gasteiger partial charge in [-0.1, -0.05) is 82.2 Å².